The third-order valence-electron chi connectivity index (χ3n) is 6.17. The first-order valence-corrected chi connectivity index (χ1v) is 11.2. The molecule has 2 amide bonds. The Bertz CT molecular complexity index is 1190. The fourth-order valence-corrected chi connectivity index (χ4v) is 4.34. The number of nitrogens with one attached hydrogen (secondary N) is 2. The number of fused-ring (bicyclic) bond motifs is 1. The summed E-state index contributed by atoms with van der Waals surface area (Å²) in [5.74, 6) is -0.438. The number of rotatable bonds is 6. The van der Waals surface area contributed by atoms with Crippen molar-refractivity contribution in [1.82, 2.24) is 20.2 Å². The van der Waals surface area contributed by atoms with Gasteiger partial charge in [-0.15, -0.1) is 0 Å². The predicted octanol–water partition coefficient (Wildman–Crippen LogP) is 4.02. The van der Waals surface area contributed by atoms with Crippen LogP contribution in [0.15, 0.2) is 61.3 Å². The molecule has 2 N–H and O–H groups in total. The number of nitrogens with zero attached hydrogens (tertiary/aromatic N) is 3. The number of amides is 2. The van der Waals surface area contributed by atoms with E-state index in [0.29, 0.717) is 23.1 Å². The Hall–Kier alpha value is -3.58. The first-order chi connectivity index (χ1) is 15.9. The van der Waals surface area contributed by atoms with E-state index in [-0.39, 0.29) is 17.9 Å². The van der Waals surface area contributed by atoms with Crippen molar-refractivity contribution in [2.45, 2.75) is 37.8 Å². The summed E-state index contributed by atoms with van der Waals surface area (Å²) in [6.45, 7) is 3.50. The zero-order valence-electron chi connectivity index (χ0n) is 19.0. The number of carbonyl (C=O) groups excluding carboxylic acids is 2. The first-order valence-electron chi connectivity index (χ1n) is 11.2. The predicted molar refractivity (Wildman–Crippen MR) is 131 cm³/mol. The van der Waals surface area contributed by atoms with Gasteiger partial charge in [0.2, 0.25) is 5.91 Å². The average molecular weight is 444 g/mol. The summed E-state index contributed by atoms with van der Waals surface area (Å²) in [6.07, 6.45) is 7.10. The summed E-state index contributed by atoms with van der Waals surface area (Å²) in [6, 6.07) is 13.6. The van der Waals surface area contributed by atoms with Crippen LogP contribution in [-0.2, 0) is 4.79 Å². The van der Waals surface area contributed by atoms with Crippen LogP contribution >= 0.6 is 0 Å². The summed E-state index contributed by atoms with van der Waals surface area (Å²) in [7, 11) is 4.18. The zero-order chi connectivity index (χ0) is 23.4. The van der Waals surface area contributed by atoms with Gasteiger partial charge in [-0.3, -0.25) is 14.6 Å². The molecular weight excluding hydrogens is 414 g/mol. The molecule has 2 atom stereocenters. The Labute approximate surface area is 193 Å². The van der Waals surface area contributed by atoms with Crippen LogP contribution in [0.1, 0.15) is 36.2 Å². The fourth-order valence-electron chi connectivity index (χ4n) is 4.34. The van der Waals surface area contributed by atoms with Gasteiger partial charge in [-0.25, -0.2) is 4.98 Å². The molecule has 0 radical (unpaired) electrons. The van der Waals surface area contributed by atoms with Gasteiger partial charge in [0.1, 0.15) is 5.69 Å². The molecule has 4 rings (SSSR count). The van der Waals surface area contributed by atoms with E-state index in [1.165, 1.54) is 12.5 Å². The summed E-state index contributed by atoms with van der Waals surface area (Å²) in [5.41, 5.74) is 3.32. The molecule has 3 aromatic rings. The van der Waals surface area contributed by atoms with Crippen molar-refractivity contribution < 1.29 is 9.59 Å². The van der Waals surface area contributed by atoms with E-state index in [1.807, 2.05) is 30.3 Å². The second-order valence-corrected chi connectivity index (χ2v) is 8.65. The van der Waals surface area contributed by atoms with Crippen LogP contribution in [0.25, 0.3) is 22.2 Å². The summed E-state index contributed by atoms with van der Waals surface area (Å²) >= 11 is 0. The Morgan fingerprint density at radius 3 is 2.79 bits per heavy atom. The monoisotopic (exact) mass is 443 g/mol. The largest absolute Gasteiger partial charge is 0.348 e. The molecule has 33 heavy (non-hydrogen) atoms. The Kier molecular flexibility index (Phi) is 6.79. The van der Waals surface area contributed by atoms with E-state index < -0.39 is 0 Å². The smallest absolute Gasteiger partial charge is 0.270 e. The maximum atomic E-state index is 12.9. The standard InChI is InChI=1S/C26H29N5O2/c1-4-25(32)30-23-13-14-27-22-12-11-17(15-20(22)23)21-9-6-10-24(29-21)26(33)28-18-7-5-8-19(16-18)31(2)3/h4,6,9-15,18-19H,1,5,7-8,16H2,2-3H3,(H,28,33)(H,27,30,32). The van der Waals surface area contributed by atoms with Crippen LogP contribution in [0.3, 0.4) is 0 Å². The molecule has 1 saturated carbocycles. The highest BCUT2D eigenvalue weighted by atomic mass is 16.2. The second kappa shape index (κ2) is 9.92. The maximum Gasteiger partial charge on any atom is 0.270 e. The van der Waals surface area contributed by atoms with Crippen LogP contribution in [0.2, 0.25) is 0 Å². The molecule has 2 heterocycles. The van der Waals surface area contributed by atoms with Crippen molar-refractivity contribution >= 4 is 28.4 Å². The molecule has 1 fully saturated rings. The fraction of sp³-hybridized carbons (Fsp3) is 0.308. The molecule has 1 aromatic carbocycles. The molecule has 0 aliphatic heterocycles. The van der Waals surface area contributed by atoms with Gasteiger partial charge < -0.3 is 15.5 Å². The number of benzene rings is 1. The highest BCUT2D eigenvalue weighted by Crippen LogP contribution is 2.28. The SMILES string of the molecule is C=CC(=O)Nc1ccnc2ccc(-c3cccc(C(=O)NC4CCCC(N(C)C)C4)n3)cc12. The minimum Gasteiger partial charge on any atom is -0.348 e. The molecule has 0 saturated heterocycles. The van der Waals surface area contributed by atoms with E-state index >= 15 is 0 Å². The Morgan fingerprint density at radius 2 is 2.00 bits per heavy atom. The number of pyridine rings is 2. The molecule has 1 aliphatic rings. The number of carbonyl (C=O) groups is 2. The highest BCUT2D eigenvalue weighted by Gasteiger charge is 2.25. The minimum atomic E-state index is -0.288. The van der Waals surface area contributed by atoms with Gasteiger partial charge in [-0.1, -0.05) is 18.7 Å². The van der Waals surface area contributed by atoms with Gasteiger partial charge >= 0.3 is 0 Å². The van der Waals surface area contributed by atoms with Gasteiger partial charge in [0.25, 0.3) is 5.91 Å². The average Bonchev–Trinajstić information content (AvgIpc) is 2.84. The van der Waals surface area contributed by atoms with E-state index in [2.05, 4.69) is 46.2 Å². The Balaban J connectivity index is 1.57. The van der Waals surface area contributed by atoms with Crippen LogP contribution in [-0.4, -0.2) is 52.9 Å². The van der Waals surface area contributed by atoms with Crippen molar-refractivity contribution in [3.63, 3.8) is 0 Å². The molecule has 2 aromatic heterocycles. The zero-order valence-corrected chi connectivity index (χ0v) is 19.0. The third kappa shape index (κ3) is 5.26. The first kappa shape index (κ1) is 22.6. The molecule has 7 nitrogen and oxygen atoms in total. The van der Waals surface area contributed by atoms with Crippen LogP contribution < -0.4 is 10.6 Å². The van der Waals surface area contributed by atoms with E-state index in [1.54, 1.807) is 18.3 Å². The number of hydrogen-bond donors (Lipinski definition) is 2. The molecule has 0 bridgehead atoms. The molecule has 170 valence electrons. The lowest BCUT2D eigenvalue weighted by atomic mass is 9.90. The summed E-state index contributed by atoms with van der Waals surface area (Å²) < 4.78 is 0. The van der Waals surface area contributed by atoms with Gasteiger partial charge in [-0.05, 0) is 76.2 Å². The van der Waals surface area contributed by atoms with Gasteiger partial charge in [-0.2, -0.15) is 0 Å². The van der Waals surface area contributed by atoms with Crippen LogP contribution in [0, 0.1) is 0 Å². The van der Waals surface area contributed by atoms with Crippen molar-refractivity contribution in [2.24, 2.45) is 0 Å². The molecule has 2 unspecified atom stereocenters. The quantitative estimate of drug-likeness (QED) is 0.562. The van der Waals surface area contributed by atoms with Crippen molar-refractivity contribution in [3.05, 3.63) is 67.0 Å². The highest BCUT2D eigenvalue weighted by molar-refractivity contribution is 6.05. The third-order valence-corrected chi connectivity index (χ3v) is 6.17. The van der Waals surface area contributed by atoms with Gasteiger partial charge in [0.05, 0.1) is 16.9 Å². The Morgan fingerprint density at radius 1 is 1.15 bits per heavy atom. The molecular formula is C26H29N5O2. The van der Waals surface area contributed by atoms with Crippen molar-refractivity contribution in [1.29, 1.82) is 0 Å². The number of aromatic nitrogens is 2. The summed E-state index contributed by atoms with van der Waals surface area (Å²) in [5, 5.41) is 6.78. The normalized spacial score (nSPS) is 18.2. The lowest BCUT2D eigenvalue weighted by Crippen LogP contribution is -2.43. The minimum absolute atomic E-state index is 0.150. The number of hydrogen-bond acceptors (Lipinski definition) is 5. The molecule has 1 aliphatic carbocycles. The van der Waals surface area contributed by atoms with Gasteiger partial charge in [0.15, 0.2) is 0 Å². The van der Waals surface area contributed by atoms with Crippen LogP contribution in [0.4, 0.5) is 5.69 Å². The van der Waals surface area contributed by atoms with Crippen LogP contribution in [0.5, 0.6) is 0 Å². The molecule has 7 heteroatoms. The van der Waals surface area contributed by atoms with E-state index in [0.717, 1.165) is 35.7 Å². The lowest BCUT2D eigenvalue weighted by molar-refractivity contribution is -0.111. The van der Waals surface area contributed by atoms with E-state index in [4.69, 9.17) is 0 Å². The second-order valence-electron chi connectivity index (χ2n) is 8.65. The number of anilines is 1. The van der Waals surface area contributed by atoms with Gasteiger partial charge in [0, 0.05) is 29.2 Å². The van der Waals surface area contributed by atoms with Crippen molar-refractivity contribution in [3.8, 4) is 11.3 Å². The topological polar surface area (TPSA) is 87.2 Å². The molecule has 0 spiro atoms. The summed E-state index contributed by atoms with van der Waals surface area (Å²) in [4.78, 5) is 36.0. The maximum absolute atomic E-state index is 12.9. The van der Waals surface area contributed by atoms with E-state index in [9.17, 15) is 9.59 Å². The van der Waals surface area contributed by atoms with Crippen molar-refractivity contribution in [2.75, 3.05) is 19.4 Å². The lowest BCUT2D eigenvalue weighted by Gasteiger charge is -2.33.